The van der Waals surface area contributed by atoms with Gasteiger partial charge in [-0.15, -0.1) is 0 Å². The van der Waals surface area contributed by atoms with E-state index in [4.69, 9.17) is 0 Å². The van der Waals surface area contributed by atoms with E-state index in [0.29, 0.717) is 5.56 Å². The van der Waals surface area contributed by atoms with Gasteiger partial charge in [-0.3, -0.25) is 0 Å². The zero-order valence-corrected chi connectivity index (χ0v) is 15.2. The van der Waals surface area contributed by atoms with Gasteiger partial charge in [0.2, 0.25) is 0 Å². The number of benzene rings is 3. The molecule has 0 N–H and O–H groups in total. The summed E-state index contributed by atoms with van der Waals surface area (Å²) in [5.74, 6) is -6.17. The molecule has 0 spiro atoms. The minimum Gasteiger partial charge on any atom is -0.206 e. The van der Waals surface area contributed by atoms with E-state index in [2.05, 4.69) is 0 Å². The van der Waals surface area contributed by atoms with Crippen molar-refractivity contribution < 1.29 is 30.7 Å². The summed E-state index contributed by atoms with van der Waals surface area (Å²) < 4.78 is 94.8. The van der Waals surface area contributed by atoms with Gasteiger partial charge in [-0.2, -0.15) is 13.2 Å². The van der Waals surface area contributed by atoms with Crippen LogP contribution in [-0.4, -0.2) is 0 Å². The smallest absolute Gasteiger partial charge is 0.206 e. The zero-order chi connectivity index (χ0) is 21.3. The minimum absolute atomic E-state index is 0.194. The molecule has 0 unspecified atom stereocenters. The molecule has 152 valence electrons. The third kappa shape index (κ3) is 4.28. The summed E-state index contributed by atoms with van der Waals surface area (Å²) >= 11 is 0. The molecule has 0 aromatic heterocycles. The molecule has 0 saturated carbocycles. The van der Waals surface area contributed by atoms with Gasteiger partial charge in [0.1, 0.15) is 28.8 Å². The maximum Gasteiger partial charge on any atom is 0.422 e. The van der Waals surface area contributed by atoms with Crippen molar-refractivity contribution in [2.75, 3.05) is 0 Å². The molecule has 3 rings (SSSR count). The third-order valence-electron chi connectivity index (χ3n) is 4.48. The molecule has 0 radical (unpaired) electrons. The highest BCUT2D eigenvalue weighted by Gasteiger charge is 2.38. The van der Waals surface area contributed by atoms with Crippen LogP contribution in [0.1, 0.15) is 24.5 Å². The van der Waals surface area contributed by atoms with Gasteiger partial charge in [-0.25, -0.2) is 17.6 Å². The lowest BCUT2D eigenvalue weighted by molar-refractivity contribution is -0.142. The van der Waals surface area contributed by atoms with Gasteiger partial charge >= 0.3 is 6.18 Å². The van der Waals surface area contributed by atoms with Crippen LogP contribution in [0.3, 0.4) is 0 Å². The van der Waals surface area contributed by atoms with Crippen molar-refractivity contribution in [1.82, 2.24) is 0 Å². The fourth-order valence-corrected chi connectivity index (χ4v) is 3.16. The fourth-order valence-electron chi connectivity index (χ4n) is 3.16. The first-order valence-corrected chi connectivity index (χ1v) is 8.76. The van der Waals surface area contributed by atoms with Crippen molar-refractivity contribution in [2.45, 2.75) is 25.9 Å². The predicted molar refractivity (Wildman–Crippen MR) is 96.1 cm³/mol. The first-order valence-electron chi connectivity index (χ1n) is 8.76. The molecular weight excluding hydrogens is 397 g/mol. The van der Waals surface area contributed by atoms with Crippen LogP contribution in [0.4, 0.5) is 30.7 Å². The maximum atomic E-state index is 14.6. The summed E-state index contributed by atoms with van der Waals surface area (Å²) in [6.45, 7) is 2.02. The molecular formula is C22H15F7. The molecule has 3 aromatic carbocycles. The van der Waals surface area contributed by atoms with Gasteiger partial charge in [0, 0.05) is 0 Å². The number of halogens is 7. The molecule has 0 bridgehead atoms. The molecule has 0 amide bonds. The molecule has 3 aromatic rings. The Morgan fingerprint density at radius 3 is 1.59 bits per heavy atom. The molecule has 0 aliphatic heterocycles. The Kier molecular flexibility index (Phi) is 5.68. The standard InChI is InChI=1S/C22H15F7/c1-2-3-12-4-6-13(7-5-12)14-8-16(23)20(17(24)9-14)15-10-18(25)21(19(26)11-15)22(27,28)29/h4-11H,2-3H2,1H3. The summed E-state index contributed by atoms with van der Waals surface area (Å²) in [5, 5.41) is 0. The number of hydrogen-bond acceptors (Lipinski definition) is 0. The van der Waals surface area contributed by atoms with Crippen LogP contribution in [0.25, 0.3) is 22.3 Å². The van der Waals surface area contributed by atoms with E-state index in [9.17, 15) is 30.7 Å². The van der Waals surface area contributed by atoms with E-state index in [1.54, 1.807) is 12.1 Å². The van der Waals surface area contributed by atoms with Crippen molar-refractivity contribution >= 4 is 0 Å². The van der Waals surface area contributed by atoms with Gasteiger partial charge < -0.3 is 0 Å². The van der Waals surface area contributed by atoms with Gasteiger partial charge in [0.05, 0.1) is 5.56 Å². The highest BCUT2D eigenvalue weighted by Crippen LogP contribution is 2.38. The van der Waals surface area contributed by atoms with E-state index >= 15 is 0 Å². The average Bonchev–Trinajstić information content (AvgIpc) is 2.60. The maximum absolute atomic E-state index is 14.6. The Labute approximate surface area is 162 Å². The van der Waals surface area contributed by atoms with Gasteiger partial charge in [0.15, 0.2) is 0 Å². The van der Waals surface area contributed by atoms with E-state index in [1.807, 2.05) is 19.1 Å². The molecule has 0 saturated heterocycles. The Balaban J connectivity index is 2.04. The number of alkyl halides is 3. The summed E-state index contributed by atoms with van der Waals surface area (Å²) in [5.41, 5.74) is -1.79. The highest BCUT2D eigenvalue weighted by molar-refractivity contribution is 5.72. The highest BCUT2D eigenvalue weighted by atomic mass is 19.4. The first kappa shape index (κ1) is 20.9. The second kappa shape index (κ2) is 7.89. The second-order valence-corrected chi connectivity index (χ2v) is 6.57. The van der Waals surface area contributed by atoms with Gasteiger partial charge in [0.25, 0.3) is 0 Å². The molecule has 0 atom stereocenters. The Morgan fingerprint density at radius 1 is 0.655 bits per heavy atom. The monoisotopic (exact) mass is 412 g/mol. The van der Waals surface area contributed by atoms with E-state index in [0.717, 1.165) is 30.5 Å². The number of aryl methyl sites for hydroxylation is 1. The van der Waals surface area contributed by atoms with Crippen LogP contribution in [-0.2, 0) is 12.6 Å². The molecule has 7 heteroatoms. The summed E-state index contributed by atoms with van der Waals surface area (Å²) in [6, 6.07) is 9.51. The molecule has 29 heavy (non-hydrogen) atoms. The van der Waals surface area contributed by atoms with E-state index < -0.39 is 46.1 Å². The third-order valence-corrected chi connectivity index (χ3v) is 4.48. The molecule has 0 nitrogen and oxygen atoms in total. The lowest BCUT2D eigenvalue weighted by Crippen LogP contribution is -2.11. The van der Waals surface area contributed by atoms with Crippen LogP contribution >= 0.6 is 0 Å². The van der Waals surface area contributed by atoms with Crippen molar-refractivity contribution in [3.63, 3.8) is 0 Å². The molecule has 0 aliphatic rings. The zero-order valence-electron chi connectivity index (χ0n) is 15.2. The number of hydrogen-bond donors (Lipinski definition) is 0. The molecule has 0 heterocycles. The van der Waals surface area contributed by atoms with Crippen LogP contribution in [0, 0.1) is 23.3 Å². The van der Waals surface area contributed by atoms with Crippen molar-refractivity contribution in [3.8, 4) is 22.3 Å². The Morgan fingerprint density at radius 2 is 1.14 bits per heavy atom. The predicted octanol–water partition coefficient (Wildman–Crippen LogP) is 7.55. The van der Waals surface area contributed by atoms with Crippen LogP contribution in [0.5, 0.6) is 0 Å². The quantitative estimate of drug-likeness (QED) is 0.388. The summed E-state index contributed by atoms with van der Waals surface area (Å²) in [7, 11) is 0. The second-order valence-electron chi connectivity index (χ2n) is 6.57. The lowest BCUT2D eigenvalue weighted by atomic mass is 9.97. The molecule has 0 aliphatic carbocycles. The van der Waals surface area contributed by atoms with Crippen LogP contribution in [0.15, 0.2) is 48.5 Å². The van der Waals surface area contributed by atoms with Crippen LogP contribution < -0.4 is 0 Å². The SMILES string of the molecule is CCCc1ccc(-c2cc(F)c(-c3cc(F)c(C(F)(F)F)c(F)c3)c(F)c2)cc1. The van der Waals surface area contributed by atoms with Crippen LogP contribution in [0.2, 0.25) is 0 Å². The van der Waals surface area contributed by atoms with Gasteiger partial charge in [-0.05, 0) is 52.9 Å². The Bertz CT molecular complexity index is 988. The van der Waals surface area contributed by atoms with Crippen molar-refractivity contribution in [3.05, 3.63) is 82.9 Å². The number of rotatable bonds is 4. The average molecular weight is 412 g/mol. The normalized spacial score (nSPS) is 11.7. The van der Waals surface area contributed by atoms with Crippen molar-refractivity contribution in [1.29, 1.82) is 0 Å². The van der Waals surface area contributed by atoms with Gasteiger partial charge in [-0.1, -0.05) is 37.6 Å². The van der Waals surface area contributed by atoms with E-state index in [1.165, 1.54) is 0 Å². The summed E-state index contributed by atoms with van der Waals surface area (Å²) in [6.07, 6.45) is -3.47. The molecule has 0 fully saturated rings. The summed E-state index contributed by atoms with van der Waals surface area (Å²) in [4.78, 5) is 0. The fraction of sp³-hybridized carbons (Fsp3) is 0.182. The minimum atomic E-state index is -5.27. The first-order chi connectivity index (χ1) is 13.6. The topological polar surface area (TPSA) is 0 Å². The largest absolute Gasteiger partial charge is 0.422 e. The Hall–Kier alpha value is -2.83. The lowest BCUT2D eigenvalue weighted by Gasteiger charge is -2.13. The van der Waals surface area contributed by atoms with E-state index in [-0.39, 0.29) is 17.7 Å². The van der Waals surface area contributed by atoms with Crippen molar-refractivity contribution in [2.24, 2.45) is 0 Å².